The van der Waals surface area contributed by atoms with Crippen LogP contribution >= 0.6 is 0 Å². The van der Waals surface area contributed by atoms with Crippen molar-refractivity contribution in [3.8, 4) is 0 Å². The standard InChI is InChI=1S/C29H35N3O3/c1-3-19-31-27(33)26(28(34)32(20-4-2)29(31)35)16-11-21-30(22-17-24-12-7-5-8-13-24)23-18-25-14-9-6-10-15-25/h5-16,21H,3-4,17-20,22-23H2,1-2H3/b21-11+. The number of benzene rings is 2. The van der Waals surface area contributed by atoms with E-state index in [4.69, 9.17) is 0 Å². The van der Waals surface area contributed by atoms with E-state index in [-0.39, 0.29) is 5.57 Å². The van der Waals surface area contributed by atoms with Crippen molar-refractivity contribution in [2.45, 2.75) is 39.5 Å². The molecule has 0 bridgehead atoms. The van der Waals surface area contributed by atoms with Gasteiger partial charge in [-0.15, -0.1) is 0 Å². The third-order valence-corrected chi connectivity index (χ3v) is 5.93. The highest BCUT2D eigenvalue weighted by Gasteiger charge is 2.40. The van der Waals surface area contributed by atoms with Gasteiger partial charge in [-0.1, -0.05) is 74.5 Å². The lowest BCUT2D eigenvalue weighted by atomic mass is 10.1. The smallest absolute Gasteiger partial charge is 0.333 e. The predicted octanol–water partition coefficient (Wildman–Crippen LogP) is 4.82. The van der Waals surface area contributed by atoms with Gasteiger partial charge in [-0.3, -0.25) is 19.4 Å². The summed E-state index contributed by atoms with van der Waals surface area (Å²) in [6.45, 7) is 6.02. The van der Waals surface area contributed by atoms with E-state index < -0.39 is 17.8 Å². The van der Waals surface area contributed by atoms with Crippen molar-refractivity contribution < 1.29 is 14.4 Å². The predicted molar refractivity (Wildman–Crippen MR) is 138 cm³/mol. The molecule has 1 aliphatic heterocycles. The van der Waals surface area contributed by atoms with E-state index in [0.29, 0.717) is 25.9 Å². The number of barbiturate groups is 1. The first-order valence-electron chi connectivity index (χ1n) is 12.4. The van der Waals surface area contributed by atoms with Crippen molar-refractivity contribution in [3.63, 3.8) is 0 Å². The summed E-state index contributed by atoms with van der Waals surface area (Å²) in [6, 6.07) is 20.1. The summed E-state index contributed by atoms with van der Waals surface area (Å²) >= 11 is 0. The zero-order valence-corrected chi connectivity index (χ0v) is 20.7. The summed E-state index contributed by atoms with van der Waals surface area (Å²) in [7, 11) is 0. The van der Waals surface area contributed by atoms with Crippen LogP contribution in [0.2, 0.25) is 0 Å². The van der Waals surface area contributed by atoms with Gasteiger partial charge in [0.25, 0.3) is 11.8 Å². The second-order valence-electron chi connectivity index (χ2n) is 8.63. The monoisotopic (exact) mass is 473 g/mol. The molecule has 0 aromatic heterocycles. The highest BCUT2D eigenvalue weighted by Crippen LogP contribution is 2.18. The molecule has 0 radical (unpaired) electrons. The summed E-state index contributed by atoms with van der Waals surface area (Å²) in [4.78, 5) is 43.1. The van der Waals surface area contributed by atoms with Crippen molar-refractivity contribution in [1.82, 2.24) is 14.7 Å². The van der Waals surface area contributed by atoms with E-state index in [1.54, 1.807) is 12.2 Å². The number of carbonyl (C=O) groups excluding carboxylic acids is 3. The Bertz CT molecular complexity index is 974. The molecule has 1 aliphatic rings. The van der Waals surface area contributed by atoms with E-state index >= 15 is 0 Å². The fourth-order valence-electron chi connectivity index (χ4n) is 4.04. The topological polar surface area (TPSA) is 60.9 Å². The van der Waals surface area contributed by atoms with Crippen LogP contribution in [0, 0.1) is 0 Å². The van der Waals surface area contributed by atoms with Crippen LogP contribution in [-0.4, -0.2) is 58.7 Å². The molecule has 0 saturated carbocycles. The molecule has 0 atom stereocenters. The zero-order valence-electron chi connectivity index (χ0n) is 20.7. The fourth-order valence-corrected chi connectivity index (χ4v) is 4.04. The normalized spacial score (nSPS) is 14.2. The molecule has 3 rings (SSSR count). The highest BCUT2D eigenvalue weighted by molar-refractivity contribution is 6.28. The zero-order chi connectivity index (χ0) is 25.0. The maximum absolute atomic E-state index is 12.9. The third kappa shape index (κ3) is 7.15. The lowest BCUT2D eigenvalue weighted by molar-refractivity contribution is -0.135. The Morgan fingerprint density at radius 1 is 0.714 bits per heavy atom. The van der Waals surface area contributed by atoms with Gasteiger partial charge < -0.3 is 4.90 Å². The first-order valence-corrected chi connectivity index (χ1v) is 12.4. The molecule has 4 amide bonds. The Morgan fingerprint density at radius 2 is 1.17 bits per heavy atom. The minimum atomic E-state index is -0.517. The lowest BCUT2D eigenvalue weighted by Gasteiger charge is -2.33. The second kappa shape index (κ2) is 13.3. The van der Waals surface area contributed by atoms with E-state index in [2.05, 4.69) is 29.2 Å². The number of rotatable bonds is 12. The molecule has 1 heterocycles. The number of amides is 4. The summed E-state index contributed by atoms with van der Waals surface area (Å²) in [5.74, 6) is -1.03. The third-order valence-electron chi connectivity index (χ3n) is 5.93. The van der Waals surface area contributed by atoms with Gasteiger partial charge in [-0.25, -0.2) is 4.79 Å². The minimum absolute atomic E-state index is 0.0359. The lowest BCUT2D eigenvalue weighted by Crippen LogP contribution is -2.56. The van der Waals surface area contributed by atoms with E-state index in [9.17, 15) is 14.4 Å². The van der Waals surface area contributed by atoms with Gasteiger partial charge in [0.05, 0.1) is 0 Å². The van der Waals surface area contributed by atoms with Gasteiger partial charge >= 0.3 is 6.03 Å². The minimum Gasteiger partial charge on any atom is -0.377 e. The average Bonchev–Trinajstić information content (AvgIpc) is 2.89. The molecule has 6 nitrogen and oxygen atoms in total. The van der Waals surface area contributed by atoms with Gasteiger partial charge in [0.2, 0.25) is 0 Å². The summed E-state index contributed by atoms with van der Waals surface area (Å²) < 4.78 is 0. The SMILES string of the molecule is CCCN1C(=O)C(=C/C=C/N(CCc2ccccc2)CCc2ccccc2)C(=O)N(CCC)C1=O. The van der Waals surface area contributed by atoms with Crippen molar-refractivity contribution in [1.29, 1.82) is 0 Å². The maximum atomic E-state index is 12.9. The van der Waals surface area contributed by atoms with Gasteiger partial charge in [-0.2, -0.15) is 0 Å². The van der Waals surface area contributed by atoms with Crippen LogP contribution in [0.25, 0.3) is 0 Å². The molecule has 0 N–H and O–H groups in total. The van der Waals surface area contributed by atoms with Crippen molar-refractivity contribution in [2.24, 2.45) is 0 Å². The summed E-state index contributed by atoms with van der Waals surface area (Å²) in [5.41, 5.74) is 2.55. The van der Waals surface area contributed by atoms with Crippen LogP contribution in [0.3, 0.4) is 0 Å². The van der Waals surface area contributed by atoms with Crippen LogP contribution < -0.4 is 0 Å². The molecule has 1 fully saturated rings. The first kappa shape index (κ1) is 25.9. The van der Waals surface area contributed by atoms with Gasteiger partial charge in [0, 0.05) is 26.2 Å². The summed E-state index contributed by atoms with van der Waals surface area (Å²) in [6.07, 6.45) is 8.30. The van der Waals surface area contributed by atoms with Crippen LogP contribution in [-0.2, 0) is 22.4 Å². The average molecular weight is 474 g/mol. The molecule has 2 aromatic rings. The maximum Gasteiger partial charge on any atom is 0.333 e. The number of imide groups is 2. The van der Waals surface area contributed by atoms with Crippen LogP contribution in [0.1, 0.15) is 37.8 Å². The van der Waals surface area contributed by atoms with Crippen molar-refractivity contribution >= 4 is 17.8 Å². The number of carbonyl (C=O) groups is 3. The van der Waals surface area contributed by atoms with E-state index in [1.807, 2.05) is 56.4 Å². The molecule has 2 aromatic carbocycles. The van der Waals surface area contributed by atoms with Crippen LogP contribution in [0.4, 0.5) is 4.79 Å². The van der Waals surface area contributed by atoms with Crippen LogP contribution in [0.15, 0.2) is 84.6 Å². The largest absolute Gasteiger partial charge is 0.377 e. The Balaban J connectivity index is 1.77. The molecule has 0 spiro atoms. The number of allylic oxidation sites excluding steroid dienone is 2. The molecule has 35 heavy (non-hydrogen) atoms. The molecule has 0 unspecified atom stereocenters. The Kier molecular flexibility index (Phi) is 9.84. The molecule has 6 heteroatoms. The fraction of sp³-hybridized carbons (Fsp3) is 0.345. The van der Waals surface area contributed by atoms with Crippen molar-refractivity contribution in [3.05, 3.63) is 95.7 Å². The Morgan fingerprint density at radius 3 is 1.60 bits per heavy atom. The van der Waals surface area contributed by atoms with Crippen LogP contribution in [0.5, 0.6) is 0 Å². The highest BCUT2D eigenvalue weighted by atomic mass is 16.2. The Hall–Kier alpha value is -3.67. The number of hydrogen-bond donors (Lipinski definition) is 0. The molecule has 1 saturated heterocycles. The molecular weight excluding hydrogens is 438 g/mol. The Labute approximate surface area is 208 Å². The summed E-state index contributed by atoms with van der Waals surface area (Å²) in [5, 5.41) is 0. The first-order chi connectivity index (χ1) is 17.0. The molecule has 0 aliphatic carbocycles. The quantitative estimate of drug-likeness (QED) is 0.327. The molecular formula is C29H35N3O3. The number of hydrogen-bond acceptors (Lipinski definition) is 4. The van der Waals surface area contributed by atoms with E-state index in [1.165, 1.54) is 20.9 Å². The van der Waals surface area contributed by atoms with Gasteiger partial charge in [0.15, 0.2) is 0 Å². The number of nitrogens with zero attached hydrogens (tertiary/aromatic N) is 3. The van der Waals surface area contributed by atoms with Gasteiger partial charge in [-0.05, 0) is 55.2 Å². The number of urea groups is 1. The van der Waals surface area contributed by atoms with Crippen molar-refractivity contribution in [2.75, 3.05) is 26.2 Å². The van der Waals surface area contributed by atoms with Gasteiger partial charge in [0.1, 0.15) is 5.57 Å². The van der Waals surface area contributed by atoms with E-state index in [0.717, 1.165) is 25.9 Å². The second-order valence-corrected chi connectivity index (χ2v) is 8.63. The molecule has 184 valence electrons.